The van der Waals surface area contributed by atoms with Crippen molar-refractivity contribution in [2.75, 3.05) is 6.26 Å². The molecule has 5 rings (SSSR count). The first kappa shape index (κ1) is 22.9. The molecule has 2 N–H and O–H groups in total. The Kier molecular flexibility index (Phi) is 6.56. The molecule has 0 amide bonds. The third kappa shape index (κ3) is 5.00. The van der Waals surface area contributed by atoms with Gasteiger partial charge in [-0.3, -0.25) is 9.71 Å². The number of nitrogens with zero attached hydrogens (tertiary/aromatic N) is 1. The highest BCUT2D eigenvalue weighted by atomic mass is 32.2. The van der Waals surface area contributed by atoms with Gasteiger partial charge in [0.05, 0.1) is 17.3 Å². The number of hydrogen-bond donors (Lipinski definition) is 2. The lowest BCUT2D eigenvalue weighted by molar-refractivity contribution is 0.0785. The molecule has 0 saturated heterocycles. The number of hydrogen-bond acceptors (Lipinski definition) is 6. The highest BCUT2D eigenvalue weighted by molar-refractivity contribution is 7.98. The van der Waals surface area contributed by atoms with Gasteiger partial charge in [-0.2, -0.15) is 0 Å². The van der Waals surface area contributed by atoms with Gasteiger partial charge in [-0.25, -0.2) is 0 Å². The fourth-order valence-electron chi connectivity index (χ4n) is 3.92. The topological polar surface area (TPSA) is 45.1 Å². The van der Waals surface area contributed by atoms with E-state index in [4.69, 9.17) is 0 Å². The highest BCUT2D eigenvalue weighted by Crippen LogP contribution is 2.42. The van der Waals surface area contributed by atoms with Gasteiger partial charge in [0.1, 0.15) is 0 Å². The minimum atomic E-state index is -0.900. The Balaban J connectivity index is 1.59. The zero-order valence-electron chi connectivity index (χ0n) is 19.0. The van der Waals surface area contributed by atoms with Crippen LogP contribution in [-0.4, -0.2) is 21.6 Å². The minimum Gasteiger partial charge on any atom is -0.386 e. The molecular formula is C27H28N2OS3. The number of benzene rings is 2. The summed E-state index contributed by atoms with van der Waals surface area (Å²) >= 11 is 5.52. The SMILES string of the molecule is CSc1ccccc1C(NSC1CC1)c1cc2cccc(-c3cc(C(C)(C)O)ccn3)c2s1. The van der Waals surface area contributed by atoms with E-state index in [1.54, 1.807) is 18.0 Å². The molecule has 0 spiro atoms. The van der Waals surface area contributed by atoms with Crippen LogP contribution < -0.4 is 4.72 Å². The second kappa shape index (κ2) is 9.43. The van der Waals surface area contributed by atoms with Gasteiger partial charge in [0.2, 0.25) is 0 Å². The molecule has 3 nitrogen and oxygen atoms in total. The Bertz CT molecular complexity index is 1270. The van der Waals surface area contributed by atoms with Gasteiger partial charge in [-0.1, -0.05) is 48.3 Å². The van der Waals surface area contributed by atoms with E-state index in [0.717, 1.165) is 22.1 Å². The lowest BCUT2D eigenvalue weighted by Gasteiger charge is -2.20. The molecule has 1 atom stereocenters. The lowest BCUT2D eigenvalue weighted by atomic mass is 9.97. The van der Waals surface area contributed by atoms with E-state index in [1.807, 2.05) is 49.3 Å². The minimum absolute atomic E-state index is 0.139. The second-order valence-corrected chi connectivity index (χ2v) is 12.0. The number of fused-ring (bicyclic) bond motifs is 1. The van der Waals surface area contributed by atoms with Crippen LogP contribution in [0.5, 0.6) is 0 Å². The molecule has 0 bridgehead atoms. The quantitative estimate of drug-likeness (QED) is 0.198. The summed E-state index contributed by atoms with van der Waals surface area (Å²) in [6, 6.07) is 21.5. The Morgan fingerprint density at radius 2 is 1.91 bits per heavy atom. The molecule has 0 aliphatic heterocycles. The average Bonchev–Trinajstić information content (AvgIpc) is 3.55. The maximum Gasteiger partial charge on any atom is 0.0841 e. The summed E-state index contributed by atoms with van der Waals surface area (Å²) in [5, 5.41) is 12.5. The van der Waals surface area contributed by atoms with Crippen molar-refractivity contribution in [1.82, 2.24) is 9.71 Å². The van der Waals surface area contributed by atoms with Gasteiger partial charge in [-0.15, -0.1) is 23.1 Å². The van der Waals surface area contributed by atoms with Crippen LogP contribution in [0.1, 0.15) is 48.7 Å². The summed E-state index contributed by atoms with van der Waals surface area (Å²) < 4.78 is 5.04. The van der Waals surface area contributed by atoms with E-state index in [9.17, 15) is 5.11 Å². The van der Waals surface area contributed by atoms with Crippen LogP contribution in [0.15, 0.2) is 71.8 Å². The lowest BCUT2D eigenvalue weighted by Crippen LogP contribution is -2.16. The molecule has 2 aromatic heterocycles. The van der Waals surface area contributed by atoms with Crippen LogP contribution in [-0.2, 0) is 5.60 Å². The van der Waals surface area contributed by atoms with Gasteiger partial charge in [-0.05, 0) is 73.7 Å². The van der Waals surface area contributed by atoms with E-state index in [1.165, 1.54) is 38.3 Å². The normalized spacial score (nSPS) is 15.2. The maximum atomic E-state index is 10.5. The molecule has 2 aromatic carbocycles. The number of thioether (sulfide) groups is 1. The van der Waals surface area contributed by atoms with Crippen molar-refractivity contribution in [2.45, 2.75) is 48.5 Å². The molecule has 1 unspecified atom stereocenters. The second-order valence-electron chi connectivity index (χ2n) is 8.97. The molecule has 6 heteroatoms. The van der Waals surface area contributed by atoms with Gasteiger partial charge < -0.3 is 5.11 Å². The van der Waals surface area contributed by atoms with Crippen molar-refractivity contribution in [3.05, 3.63) is 82.9 Å². The van der Waals surface area contributed by atoms with Crippen molar-refractivity contribution >= 4 is 45.1 Å². The van der Waals surface area contributed by atoms with E-state index < -0.39 is 5.60 Å². The zero-order chi connectivity index (χ0) is 23.0. The number of rotatable bonds is 8. The highest BCUT2D eigenvalue weighted by Gasteiger charge is 2.27. The third-order valence-corrected chi connectivity index (χ3v) is 9.15. The van der Waals surface area contributed by atoms with E-state index in [-0.39, 0.29) is 6.04 Å². The fraction of sp³-hybridized carbons (Fsp3) is 0.296. The molecule has 4 aromatic rings. The van der Waals surface area contributed by atoms with Gasteiger partial charge in [0.15, 0.2) is 0 Å². The standard InChI is InChI=1S/C27H28N2OS3/c1-27(2,30)18-13-14-28-22(16-18)20-9-6-7-17-15-24(32-26(17)20)25(29-33-19-11-12-19)21-8-4-5-10-23(21)31-3/h4-10,13-16,19,25,29-30H,11-12H2,1-3H3. The van der Waals surface area contributed by atoms with Crippen LogP contribution in [0, 0.1) is 0 Å². The molecule has 33 heavy (non-hydrogen) atoms. The summed E-state index contributed by atoms with van der Waals surface area (Å²) in [6.45, 7) is 3.62. The first-order valence-electron chi connectivity index (χ1n) is 11.2. The van der Waals surface area contributed by atoms with Crippen molar-refractivity contribution in [1.29, 1.82) is 0 Å². The summed E-state index contributed by atoms with van der Waals surface area (Å²) in [5.74, 6) is 0. The first-order chi connectivity index (χ1) is 15.9. The average molecular weight is 493 g/mol. The van der Waals surface area contributed by atoms with Crippen molar-refractivity contribution < 1.29 is 5.11 Å². The molecule has 1 saturated carbocycles. The van der Waals surface area contributed by atoms with Crippen LogP contribution in [0.3, 0.4) is 0 Å². The van der Waals surface area contributed by atoms with Gasteiger partial charge >= 0.3 is 0 Å². The Hall–Kier alpha value is -1.83. The summed E-state index contributed by atoms with van der Waals surface area (Å²) in [4.78, 5) is 7.27. The molecule has 0 radical (unpaired) electrons. The summed E-state index contributed by atoms with van der Waals surface area (Å²) in [7, 11) is 0. The Morgan fingerprint density at radius 3 is 2.67 bits per heavy atom. The van der Waals surface area contributed by atoms with E-state index in [2.05, 4.69) is 64.5 Å². The van der Waals surface area contributed by atoms with Crippen molar-refractivity contribution in [2.24, 2.45) is 0 Å². The molecule has 1 aliphatic carbocycles. The predicted octanol–water partition coefficient (Wildman–Crippen LogP) is 7.40. The number of aromatic nitrogens is 1. The van der Waals surface area contributed by atoms with Gasteiger partial charge in [0.25, 0.3) is 0 Å². The molecule has 170 valence electrons. The van der Waals surface area contributed by atoms with Crippen LogP contribution in [0.2, 0.25) is 0 Å². The van der Waals surface area contributed by atoms with Crippen molar-refractivity contribution in [3.63, 3.8) is 0 Å². The van der Waals surface area contributed by atoms with E-state index >= 15 is 0 Å². The van der Waals surface area contributed by atoms with Crippen LogP contribution in [0.4, 0.5) is 0 Å². The third-order valence-electron chi connectivity index (χ3n) is 5.92. The summed E-state index contributed by atoms with van der Waals surface area (Å²) in [5.41, 5.74) is 3.31. The summed E-state index contributed by atoms with van der Waals surface area (Å²) in [6.07, 6.45) is 6.54. The fourth-order valence-corrected chi connectivity index (χ4v) is 6.83. The molecule has 1 fully saturated rings. The number of thiophene rings is 1. The largest absolute Gasteiger partial charge is 0.386 e. The van der Waals surface area contributed by atoms with Crippen LogP contribution in [0.25, 0.3) is 21.3 Å². The molecule has 1 aliphatic rings. The maximum absolute atomic E-state index is 10.5. The zero-order valence-corrected chi connectivity index (χ0v) is 21.5. The molecule has 2 heterocycles. The van der Waals surface area contributed by atoms with Crippen molar-refractivity contribution in [3.8, 4) is 11.3 Å². The molecular weight excluding hydrogens is 465 g/mol. The monoisotopic (exact) mass is 492 g/mol. The Labute approximate surface area is 208 Å². The van der Waals surface area contributed by atoms with Gasteiger partial charge in [0, 0.05) is 31.5 Å². The number of nitrogens with one attached hydrogen (secondary N) is 1. The van der Waals surface area contributed by atoms with E-state index in [0.29, 0.717) is 0 Å². The van der Waals surface area contributed by atoms with Crippen LogP contribution >= 0.6 is 35.0 Å². The Morgan fingerprint density at radius 1 is 1.09 bits per heavy atom. The first-order valence-corrected chi connectivity index (χ1v) is 14.1. The number of aliphatic hydroxyl groups is 1. The number of pyridine rings is 1. The predicted molar refractivity (Wildman–Crippen MR) is 144 cm³/mol. The smallest absolute Gasteiger partial charge is 0.0841 e.